The maximum absolute atomic E-state index is 12.5. The van der Waals surface area contributed by atoms with E-state index in [2.05, 4.69) is 36.9 Å². The molecule has 2 aliphatic rings. The van der Waals surface area contributed by atoms with Crippen LogP contribution in [0.3, 0.4) is 0 Å². The van der Waals surface area contributed by atoms with Gasteiger partial charge in [-0.3, -0.25) is 14.5 Å². The van der Waals surface area contributed by atoms with Crippen LogP contribution in [0.1, 0.15) is 29.5 Å². The summed E-state index contributed by atoms with van der Waals surface area (Å²) in [7, 11) is 1.88. The lowest BCUT2D eigenvalue weighted by Gasteiger charge is -2.38. The molecule has 0 spiro atoms. The maximum Gasteiger partial charge on any atom is 0.237 e. The van der Waals surface area contributed by atoms with Crippen LogP contribution < -0.4 is 0 Å². The van der Waals surface area contributed by atoms with Gasteiger partial charge in [-0.15, -0.1) is 0 Å². The molecule has 3 rings (SSSR count). The van der Waals surface area contributed by atoms with Gasteiger partial charge in [-0.2, -0.15) is 0 Å². The summed E-state index contributed by atoms with van der Waals surface area (Å²) in [5, 5.41) is 0. The van der Waals surface area contributed by atoms with Crippen LogP contribution in [0.2, 0.25) is 0 Å². The average Bonchev–Trinajstić information content (AvgIpc) is 2.57. The van der Waals surface area contributed by atoms with Crippen molar-refractivity contribution >= 4 is 11.8 Å². The molecule has 25 heavy (non-hydrogen) atoms. The van der Waals surface area contributed by atoms with E-state index in [9.17, 15) is 9.59 Å². The van der Waals surface area contributed by atoms with Crippen molar-refractivity contribution in [1.29, 1.82) is 0 Å². The summed E-state index contributed by atoms with van der Waals surface area (Å²) in [6.07, 6.45) is 1.59. The molecule has 5 heteroatoms. The lowest BCUT2D eigenvalue weighted by molar-refractivity contribution is -0.138. The summed E-state index contributed by atoms with van der Waals surface area (Å²) in [5.74, 6) is 0.942. The smallest absolute Gasteiger partial charge is 0.237 e. The second kappa shape index (κ2) is 7.56. The molecule has 2 amide bonds. The number of benzene rings is 1. The monoisotopic (exact) mass is 343 g/mol. The molecule has 136 valence electrons. The topological polar surface area (TPSA) is 43.9 Å². The number of piperidine rings is 1. The van der Waals surface area contributed by atoms with E-state index in [4.69, 9.17) is 0 Å². The van der Waals surface area contributed by atoms with Gasteiger partial charge in [-0.1, -0.05) is 18.2 Å². The molecule has 0 saturated carbocycles. The Morgan fingerprint density at radius 2 is 1.88 bits per heavy atom. The van der Waals surface area contributed by atoms with Gasteiger partial charge >= 0.3 is 0 Å². The quantitative estimate of drug-likeness (QED) is 0.838. The molecular formula is C20H29N3O2. The Labute approximate surface area is 150 Å². The predicted octanol–water partition coefficient (Wildman–Crippen LogP) is 1.82. The molecular weight excluding hydrogens is 314 g/mol. The number of carbonyl (C=O) groups excluding carboxylic acids is 2. The van der Waals surface area contributed by atoms with Gasteiger partial charge in [0.25, 0.3) is 0 Å². The number of likely N-dealkylation sites (tertiary alicyclic amines) is 1. The first kappa shape index (κ1) is 17.9. The highest BCUT2D eigenvalue weighted by atomic mass is 16.2. The van der Waals surface area contributed by atoms with Gasteiger partial charge in [0.15, 0.2) is 0 Å². The third kappa shape index (κ3) is 4.40. The Morgan fingerprint density at radius 3 is 2.56 bits per heavy atom. The Morgan fingerprint density at radius 1 is 1.08 bits per heavy atom. The number of hydrogen-bond acceptors (Lipinski definition) is 3. The van der Waals surface area contributed by atoms with Gasteiger partial charge in [0, 0.05) is 46.2 Å². The van der Waals surface area contributed by atoms with Gasteiger partial charge in [0.2, 0.25) is 11.8 Å². The Balaban J connectivity index is 1.51. The fourth-order valence-corrected chi connectivity index (χ4v) is 3.82. The molecule has 1 aromatic carbocycles. The number of piperazine rings is 1. The maximum atomic E-state index is 12.5. The molecule has 5 nitrogen and oxygen atoms in total. The van der Waals surface area contributed by atoms with E-state index in [1.807, 2.05) is 16.8 Å². The second-order valence-electron chi connectivity index (χ2n) is 7.65. The molecule has 2 saturated heterocycles. The fraction of sp³-hybridized carbons (Fsp3) is 0.600. The Kier molecular flexibility index (Phi) is 5.42. The molecule has 1 unspecified atom stereocenters. The lowest BCUT2D eigenvalue weighted by Crippen LogP contribution is -2.52. The van der Waals surface area contributed by atoms with Crippen molar-refractivity contribution in [1.82, 2.24) is 14.7 Å². The molecule has 2 fully saturated rings. The lowest BCUT2D eigenvalue weighted by atomic mass is 9.97. The summed E-state index contributed by atoms with van der Waals surface area (Å²) in [6, 6.07) is 6.44. The number of amides is 2. The molecule has 1 atom stereocenters. The summed E-state index contributed by atoms with van der Waals surface area (Å²) in [6.45, 7) is 8.87. The van der Waals surface area contributed by atoms with Crippen molar-refractivity contribution in [3.63, 3.8) is 0 Å². The summed E-state index contributed by atoms with van der Waals surface area (Å²) in [5.41, 5.74) is 3.77. The van der Waals surface area contributed by atoms with Crippen molar-refractivity contribution in [2.45, 2.75) is 33.2 Å². The first-order chi connectivity index (χ1) is 11.9. The van der Waals surface area contributed by atoms with Crippen LogP contribution in [0.15, 0.2) is 18.2 Å². The van der Waals surface area contributed by atoms with Crippen molar-refractivity contribution in [3.05, 3.63) is 34.9 Å². The van der Waals surface area contributed by atoms with Crippen molar-refractivity contribution in [2.75, 3.05) is 39.8 Å². The minimum absolute atomic E-state index is 0.213. The van der Waals surface area contributed by atoms with Crippen LogP contribution in [-0.4, -0.2) is 66.3 Å². The van der Waals surface area contributed by atoms with E-state index in [1.165, 1.54) is 16.7 Å². The molecule has 0 aromatic heterocycles. The standard InChI is InChI=1S/C20H29N3O2/c1-15-4-5-17(10-16(15)2)13-23-9-8-22(14-20(23)25)12-18-6-7-19(24)21(3)11-18/h4-5,10,18H,6-9,11-14H2,1-3H3. The zero-order chi connectivity index (χ0) is 18.0. The fourth-order valence-electron chi connectivity index (χ4n) is 3.82. The number of rotatable bonds is 4. The minimum atomic E-state index is 0.213. The zero-order valence-corrected chi connectivity index (χ0v) is 15.6. The van der Waals surface area contributed by atoms with E-state index in [-0.39, 0.29) is 11.8 Å². The molecule has 0 bridgehead atoms. The SMILES string of the molecule is Cc1ccc(CN2CCN(CC3CCC(=O)N(C)C3)CC2=O)cc1C. The van der Waals surface area contributed by atoms with Gasteiger partial charge in [0.1, 0.15) is 0 Å². The van der Waals surface area contributed by atoms with Crippen molar-refractivity contribution in [3.8, 4) is 0 Å². The van der Waals surface area contributed by atoms with Gasteiger partial charge < -0.3 is 9.80 Å². The third-order valence-corrected chi connectivity index (χ3v) is 5.58. The number of hydrogen-bond donors (Lipinski definition) is 0. The molecule has 2 aliphatic heterocycles. The van der Waals surface area contributed by atoms with Crippen molar-refractivity contribution < 1.29 is 9.59 Å². The summed E-state index contributed by atoms with van der Waals surface area (Å²) in [4.78, 5) is 30.2. The third-order valence-electron chi connectivity index (χ3n) is 5.58. The molecule has 0 radical (unpaired) electrons. The number of nitrogens with zero attached hydrogens (tertiary/aromatic N) is 3. The summed E-state index contributed by atoms with van der Waals surface area (Å²) < 4.78 is 0. The second-order valence-corrected chi connectivity index (χ2v) is 7.65. The van der Waals surface area contributed by atoms with E-state index in [1.54, 1.807) is 0 Å². The highest BCUT2D eigenvalue weighted by Crippen LogP contribution is 2.19. The van der Waals surface area contributed by atoms with Crippen LogP contribution in [0.5, 0.6) is 0 Å². The number of carbonyl (C=O) groups is 2. The van der Waals surface area contributed by atoms with Gasteiger partial charge in [-0.25, -0.2) is 0 Å². The van der Waals surface area contributed by atoms with Gasteiger partial charge in [-0.05, 0) is 42.9 Å². The highest BCUT2D eigenvalue weighted by molar-refractivity contribution is 5.79. The summed E-state index contributed by atoms with van der Waals surface area (Å²) >= 11 is 0. The molecule has 2 heterocycles. The van der Waals surface area contributed by atoms with Crippen molar-refractivity contribution in [2.24, 2.45) is 5.92 Å². The number of aryl methyl sites for hydroxylation is 2. The van der Waals surface area contributed by atoms with Crippen LogP contribution in [-0.2, 0) is 16.1 Å². The van der Waals surface area contributed by atoms with E-state index < -0.39 is 0 Å². The van der Waals surface area contributed by atoms with Crippen LogP contribution in [0.4, 0.5) is 0 Å². The Hall–Kier alpha value is -1.88. The van der Waals surface area contributed by atoms with Crippen LogP contribution in [0.25, 0.3) is 0 Å². The molecule has 0 N–H and O–H groups in total. The normalized spacial score (nSPS) is 22.6. The zero-order valence-electron chi connectivity index (χ0n) is 15.6. The predicted molar refractivity (Wildman–Crippen MR) is 98.1 cm³/mol. The van der Waals surface area contributed by atoms with Crippen LogP contribution in [0, 0.1) is 19.8 Å². The largest absolute Gasteiger partial charge is 0.345 e. The Bertz CT molecular complexity index is 658. The van der Waals surface area contributed by atoms with E-state index >= 15 is 0 Å². The molecule has 0 aliphatic carbocycles. The van der Waals surface area contributed by atoms with E-state index in [0.717, 1.165) is 32.6 Å². The average molecular weight is 343 g/mol. The van der Waals surface area contributed by atoms with Crippen LogP contribution >= 0.6 is 0 Å². The molecule has 1 aromatic rings. The van der Waals surface area contributed by atoms with E-state index in [0.29, 0.717) is 25.4 Å². The first-order valence-electron chi connectivity index (χ1n) is 9.22. The first-order valence-corrected chi connectivity index (χ1v) is 9.22. The minimum Gasteiger partial charge on any atom is -0.345 e. The highest BCUT2D eigenvalue weighted by Gasteiger charge is 2.29. The van der Waals surface area contributed by atoms with Gasteiger partial charge in [0.05, 0.1) is 6.54 Å².